The number of para-hydroxylation sites is 1. The minimum atomic E-state index is -0.233. The third-order valence-corrected chi connectivity index (χ3v) is 3.55. The minimum absolute atomic E-state index is 0.195. The first-order chi connectivity index (χ1) is 9.09. The summed E-state index contributed by atoms with van der Waals surface area (Å²) in [6.07, 6.45) is 0. The Hall–Kier alpha value is -1.39. The van der Waals surface area contributed by atoms with Gasteiger partial charge in [0.25, 0.3) is 0 Å². The first-order valence-electron chi connectivity index (χ1n) is 6.69. The highest BCUT2D eigenvalue weighted by molar-refractivity contribution is 5.78. The molecule has 1 fully saturated rings. The predicted molar refractivity (Wildman–Crippen MR) is 73.4 cm³/mol. The average molecular weight is 263 g/mol. The van der Waals surface area contributed by atoms with Crippen molar-refractivity contribution in [1.29, 1.82) is 0 Å². The Labute approximate surface area is 114 Å². The van der Waals surface area contributed by atoms with Crippen molar-refractivity contribution in [3.05, 3.63) is 29.3 Å². The van der Waals surface area contributed by atoms with Crippen molar-refractivity contribution in [2.24, 2.45) is 0 Å². The third kappa shape index (κ3) is 3.33. The number of hydrogen-bond donors (Lipinski definition) is 0. The molecule has 0 aliphatic carbocycles. The maximum atomic E-state index is 12.2. The highest BCUT2D eigenvalue weighted by atomic mass is 16.5. The summed E-state index contributed by atoms with van der Waals surface area (Å²) >= 11 is 0. The van der Waals surface area contributed by atoms with Crippen LogP contribution in [0, 0.1) is 13.8 Å². The van der Waals surface area contributed by atoms with Gasteiger partial charge in [-0.3, -0.25) is 4.90 Å². The van der Waals surface area contributed by atoms with Gasteiger partial charge < -0.3 is 9.47 Å². The molecule has 1 aromatic carbocycles. The summed E-state index contributed by atoms with van der Waals surface area (Å²) < 4.78 is 10.9. The molecule has 0 saturated carbocycles. The topological polar surface area (TPSA) is 38.8 Å². The van der Waals surface area contributed by atoms with Gasteiger partial charge >= 0.3 is 5.97 Å². The Morgan fingerprint density at radius 3 is 2.42 bits per heavy atom. The number of carbonyl (C=O) groups excluding carboxylic acids is 1. The number of ether oxygens (including phenoxy) is 2. The standard InChI is InChI=1S/C15H21NO3/c1-11-5-4-6-12(2)14(11)19-15(17)13(3)16-7-9-18-10-8-16/h4-6,13H,7-10H2,1-3H3. The van der Waals surface area contributed by atoms with Gasteiger partial charge in [0.2, 0.25) is 0 Å². The second-order valence-corrected chi connectivity index (χ2v) is 4.97. The van der Waals surface area contributed by atoms with Gasteiger partial charge in [0, 0.05) is 13.1 Å². The summed E-state index contributed by atoms with van der Waals surface area (Å²) in [5.41, 5.74) is 1.98. The number of nitrogens with zero attached hydrogens (tertiary/aromatic N) is 1. The molecule has 2 rings (SSSR count). The smallest absolute Gasteiger partial charge is 0.328 e. The molecule has 1 aliphatic heterocycles. The summed E-state index contributed by atoms with van der Waals surface area (Å²) in [6.45, 7) is 8.72. The van der Waals surface area contributed by atoms with Crippen molar-refractivity contribution < 1.29 is 14.3 Å². The molecule has 0 aromatic heterocycles. The number of rotatable bonds is 3. The predicted octanol–water partition coefficient (Wildman–Crippen LogP) is 1.93. The molecule has 1 atom stereocenters. The van der Waals surface area contributed by atoms with Crippen LogP contribution in [0.4, 0.5) is 0 Å². The lowest BCUT2D eigenvalue weighted by Crippen LogP contribution is -2.47. The van der Waals surface area contributed by atoms with Gasteiger partial charge in [-0.15, -0.1) is 0 Å². The van der Waals surface area contributed by atoms with E-state index in [0.29, 0.717) is 19.0 Å². The minimum Gasteiger partial charge on any atom is -0.425 e. The van der Waals surface area contributed by atoms with E-state index >= 15 is 0 Å². The quantitative estimate of drug-likeness (QED) is 0.617. The Bertz CT molecular complexity index is 432. The van der Waals surface area contributed by atoms with Gasteiger partial charge in [0.1, 0.15) is 11.8 Å². The van der Waals surface area contributed by atoms with E-state index in [-0.39, 0.29) is 12.0 Å². The van der Waals surface area contributed by atoms with Crippen LogP contribution in [0.1, 0.15) is 18.1 Å². The van der Waals surface area contributed by atoms with E-state index in [4.69, 9.17) is 9.47 Å². The second-order valence-electron chi connectivity index (χ2n) is 4.97. The summed E-state index contributed by atoms with van der Waals surface area (Å²) in [7, 11) is 0. The molecule has 1 unspecified atom stereocenters. The van der Waals surface area contributed by atoms with Crippen LogP contribution in [0.5, 0.6) is 5.75 Å². The van der Waals surface area contributed by atoms with E-state index in [1.165, 1.54) is 0 Å². The fraction of sp³-hybridized carbons (Fsp3) is 0.533. The zero-order valence-corrected chi connectivity index (χ0v) is 11.8. The van der Waals surface area contributed by atoms with E-state index in [2.05, 4.69) is 4.90 Å². The van der Waals surface area contributed by atoms with Gasteiger partial charge in [-0.05, 0) is 31.9 Å². The Balaban J connectivity index is 2.04. The number of esters is 1. The maximum Gasteiger partial charge on any atom is 0.328 e. The molecule has 0 amide bonds. The van der Waals surface area contributed by atoms with E-state index in [9.17, 15) is 4.79 Å². The lowest BCUT2D eigenvalue weighted by molar-refractivity contribution is -0.141. The van der Waals surface area contributed by atoms with Crippen molar-refractivity contribution >= 4 is 5.97 Å². The molecule has 1 aliphatic rings. The molecular weight excluding hydrogens is 242 g/mol. The summed E-state index contributed by atoms with van der Waals surface area (Å²) in [5, 5.41) is 0. The van der Waals surface area contributed by atoms with Crippen LogP contribution >= 0.6 is 0 Å². The lowest BCUT2D eigenvalue weighted by atomic mass is 10.1. The van der Waals surface area contributed by atoms with Crippen LogP contribution in [0.15, 0.2) is 18.2 Å². The molecule has 0 bridgehead atoms. The summed E-state index contributed by atoms with van der Waals surface area (Å²) in [6, 6.07) is 5.64. The van der Waals surface area contributed by atoms with Gasteiger partial charge in [-0.2, -0.15) is 0 Å². The molecule has 0 radical (unpaired) electrons. The van der Waals surface area contributed by atoms with E-state index in [1.54, 1.807) is 0 Å². The molecular formula is C15H21NO3. The fourth-order valence-electron chi connectivity index (χ4n) is 2.26. The molecule has 4 heteroatoms. The average Bonchev–Trinajstić information content (AvgIpc) is 2.43. The molecule has 1 saturated heterocycles. The van der Waals surface area contributed by atoms with Crippen LogP contribution in [-0.4, -0.2) is 43.2 Å². The molecule has 4 nitrogen and oxygen atoms in total. The van der Waals surface area contributed by atoms with Crippen molar-refractivity contribution in [1.82, 2.24) is 4.90 Å². The number of carbonyl (C=O) groups is 1. The van der Waals surface area contributed by atoms with E-state index < -0.39 is 0 Å². The van der Waals surface area contributed by atoms with Crippen molar-refractivity contribution in [2.75, 3.05) is 26.3 Å². The van der Waals surface area contributed by atoms with Crippen LogP contribution in [-0.2, 0) is 9.53 Å². The fourth-order valence-corrected chi connectivity index (χ4v) is 2.26. The van der Waals surface area contributed by atoms with Crippen LogP contribution in [0.3, 0.4) is 0 Å². The molecule has 19 heavy (non-hydrogen) atoms. The lowest BCUT2D eigenvalue weighted by Gasteiger charge is -2.30. The number of morpholine rings is 1. The largest absolute Gasteiger partial charge is 0.425 e. The van der Waals surface area contributed by atoms with Crippen molar-refractivity contribution in [3.63, 3.8) is 0 Å². The SMILES string of the molecule is Cc1cccc(C)c1OC(=O)C(C)N1CCOCC1. The summed E-state index contributed by atoms with van der Waals surface area (Å²) in [4.78, 5) is 14.3. The van der Waals surface area contributed by atoms with Gasteiger partial charge in [-0.25, -0.2) is 4.79 Å². The number of hydrogen-bond acceptors (Lipinski definition) is 4. The van der Waals surface area contributed by atoms with Gasteiger partial charge in [0.15, 0.2) is 0 Å². The zero-order chi connectivity index (χ0) is 13.8. The van der Waals surface area contributed by atoms with Crippen molar-refractivity contribution in [3.8, 4) is 5.75 Å². The van der Waals surface area contributed by atoms with Crippen molar-refractivity contribution in [2.45, 2.75) is 26.8 Å². The molecule has 1 heterocycles. The van der Waals surface area contributed by atoms with E-state index in [1.807, 2.05) is 39.0 Å². The number of benzene rings is 1. The zero-order valence-electron chi connectivity index (χ0n) is 11.8. The Morgan fingerprint density at radius 2 is 1.84 bits per heavy atom. The Morgan fingerprint density at radius 1 is 1.26 bits per heavy atom. The normalized spacial score (nSPS) is 18.1. The first-order valence-corrected chi connectivity index (χ1v) is 6.69. The highest BCUT2D eigenvalue weighted by Crippen LogP contribution is 2.23. The van der Waals surface area contributed by atoms with Crippen LogP contribution < -0.4 is 4.74 Å². The van der Waals surface area contributed by atoms with Crippen LogP contribution in [0.2, 0.25) is 0 Å². The summed E-state index contributed by atoms with van der Waals surface area (Å²) in [5.74, 6) is 0.493. The molecule has 0 spiro atoms. The van der Waals surface area contributed by atoms with Gasteiger partial charge in [0.05, 0.1) is 13.2 Å². The molecule has 1 aromatic rings. The molecule has 0 N–H and O–H groups in total. The highest BCUT2D eigenvalue weighted by Gasteiger charge is 2.25. The third-order valence-electron chi connectivity index (χ3n) is 3.55. The number of aryl methyl sites for hydroxylation is 2. The monoisotopic (exact) mass is 263 g/mol. The molecule has 104 valence electrons. The van der Waals surface area contributed by atoms with Crippen LogP contribution in [0.25, 0.3) is 0 Å². The first kappa shape index (κ1) is 14.0. The second kappa shape index (κ2) is 6.17. The van der Waals surface area contributed by atoms with E-state index in [0.717, 1.165) is 24.2 Å². The maximum absolute atomic E-state index is 12.2. The Kier molecular flexibility index (Phi) is 4.56. The van der Waals surface area contributed by atoms with Gasteiger partial charge in [-0.1, -0.05) is 18.2 Å².